The zero-order valence-corrected chi connectivity index (χ0v) is 10.4. The number of fused-ring (bicyclic) bond motifs is 1. The second-order valence-corrected chi connectivity index (χ2v) is 4.39. The summed E-state index contributed by atoms with van der Waals surface area (Å²) in [6.45, 7) is -0.0242. The fourth-order valence-electron chi connectivity index (χ4n) is 2.03. The number of ether oxygens (including phenoxy) is 2. The van der Waals surface area contributed by atoms with Gasteiger partial charge in [-0.3, -0.25) is 4.79 Å². The molecule has 4 nitrogen and oxygen atoms in total. The summed E-state index contributed by atoms with van der Waals surface area (Å²) < 4.78 is 24.3. The number of hydrogen-bond acceptors (Lipinski definition) is 4. The van der Waals surface area contributed by atoms with Crippen molar-refractivity contribution in [3.05, 3.63) is 53.8 Å². The summed E-state index contributed by atoms with van der Waals surface area (Å²) in [5, 5.41) is 9.34. The van der Waals surface area contributed by atoms with E-state index in [9.17, 15) is 14.3 Å². The Morgan fingerprint density at radius 1 is 1.25 bits per heavy atom. The van der Waals surface area contributed by atoms with E-state index < -0.39 is 11.9 Å². The molecule has 0 saturated carbocycles. The van der Waals surface area contributed by atoms with E-state index in [1.165, 1.54) is 30.3 Å². The highest BCUT2D eigenvalue weighted by Crippen LogP contribution is 2.30. The Morgan fingerprint density at radius 3 is 2.85 bits per heavy atom. The van der Waals surface area contributed by atoms with Gasteiger partial charge in [0.1, 0.15) is 18.1 Å². The Bertz CT molecular complexity index is 669. The van der Waals surface area contributed by atoms with Crippen molar-refractivity contribution in [1.29, 1.82) is 0 Å². The van der Waals surface area contributed by atoms with Gasteiger partial charge in [0.2, 0.25) is 5.78 Å². The molecule has 0 aliphatic carbocycles. The first-order valence-electron chi connectivity index (χ1n) is 6.06. The standard InChI is InChI=1S/C15H11FO4/c16-11-3-1-2-4-12(11)20-14-8-19-13-7-9(17)5-6-10(13)15(14)18/h1-7,14,17H,8H2. The van der Waals surface area contributed by atoms with Gasteiger partial charge in [0, 0.05) is 6.07 Å². The fourth-order valence-corrected chi connectivity index (χ4v) is 2.03. The summed E-state index contributed by atoms with van der Waals surface area (Å²) >= 11 is 0. The lowest BCUT2D eigenvalue weighted by Crippen LogP contribution is -2.37. The summed E-state index contributed by atoms with van der Waals surface area (Å²) in [7, 11) is 0. The predicted molar refractivity (Wildman–Crippen MR) is 68.7 cm³/mol. The molecule has 5 heteroatoms. The number of carbonyl (C=O) groups excluding carboxylic acids is 1. The summed E-state index contributed by atoms with van der Waals surface area (Å²) in [6.07, 6.45) is -0.899. The van der Waals surface area contributed by atoms with Crippen LogP contribution >= 0.6 is 0 Å². The molecule has 1 atom stereocenters. The quantitative estimate of drug-likeness (QED) is 0.914. The van der Waals surface area contributed by atoms with E-state index in [-0.39, 0.29) is 23.9 Å². The Labute approximate surface area is 114 Å². The number of rotatable bonds is 2. The monoisotopic (exact) mass is 274 g/mol. The largest absolute Gasteiger partial charge is 0.508 e. The normalized spacial score (nSPS) is 17.2. The third-order valence-electron chi connectivity index (χ3n) is 3.02. The topological polar surface area (TPSA) is 55.8 Å². The third kappa shape index (κ3) is 2.18. The molecule has 20 heavy (non-hydrogen) atoms. The molecule has 0 bridgehead atoms. The molecule has 2 aromatic carbocycles. The van der Waals surface area contributed by atoms with E-state index in [0.29, 0.717) is 11.3 Å². The molecule has 1 unspecified atom stereocenters. The van der Waals surface area contributed by atoms with E-state index in [0.717, 1.165) is 0 Å². The van der Waals surface area contributed by atoms with Gasteiger partial charge in [-0.1, -0.05) is 12.1 Å². The minimum absolute atomic E-state index is 0.0108. The van der Waals surface area contributed by atoms with Gasteiger partial charge < -0.3 is 14.6 Å². The van der Waals surface area contributed by atoms with Crippen LogP contribution < -0.4 is 9.47 Å². The maximum Gasteiger partial charge on any atom is 0.210 e. The number of Topliss-reactive ketones (excluding diaryl/α,β-unsaturated/α-hetero) is 1. The van der Waals surface area contributed by atoms with Crippen LogP contribution in [0.25, 0.3) is 0 Å². The third-order valence-corrected chi connectivity index (χ3v) is 3.02. The zero-order chi connectivity index (χ0) is 14.1. The van der Waals surface area contributed by atoms with Gasteiger partial charge in [0.05, 0.1) is 5.56 Å². The number of ketones is 1. The summed E-state index contributed by atoms with van der Waals surface area (Å²) in [5.41, 5.74) is 0.315. The maximum atomic E-state index is 13.5. The van der Waals surface area contributed by atoms with Crippen LogP contribution in [0.2, 0.25) is 0 Å². The van der Waals surface area contributed by atoms with Crippen LogP contribution in [0.5, 0.6) is 17.2 Å². The number of phenols is 1. The highest BCUT2D eigenvalue weighted by molar-refractivity contribution is 6.03. The van der Waals surface area contributed by atoms with Crippen LogP contribution in [0.3, 0.4) is 0 Å². The summed E-state index contributed by atoms with van der Waals surface area (Å²) in [5.74, 6) is -0.489. The minimum atomic E-state index is -0.899. The molecule has 3 rings (SSSR count). The lowest BCUT2D eigenvalue weighted by molar-refractivity contribution is 0.0618. The van der Waals surface area contributed by atoms with Crippen molar-refractivity contribution in [2.75, 3.05) is 6.61 Å². The molecule has 0 saturated heterocycles. The molecule has 102 valence electrons. The molecule has 1 aliphatic rings. The molecule has 0 amide bonds. The molecule has 1 aliphatic heterocycles. The van der Waals surface area contributed by atoms with Crippen LogP contribution in [-0.4, -0.2) is 23.6 Å². The molecule has 0 aromatic heterocycles. The lowest BCUT2D eigenvalue weighted by Gasteiger charge is -2.24. The first-order chi connectivity index (χ1) is 9.65. The van der Waals surface area contributed by atoms with E-state index in [4.69, 9.17) is 9.47 Å². The molecule has 0 fully saturated rings. The zero-order valence-electron chi connectivity index (χ0n) is 10.4. The summed E-state index contributed by atoms with van der Waals surface area (Å²) in [6, 6.07) is 10.1. The second-order valence-electron chi connectivity index (χ2n) is 4.39. The van der Waals surface area contributed by atoms with E-state index in [2.05, 4.69) is 0 Å². The number of hydrogen-bond donors (Lipinski definition) is 1. The molecule has 1 N–H and O–H groups in total. The minimum Gasteiger partial charge on any atom is -0.508 e. The number of phenolic OH excluding ortho intramolecular Hbond substituents is 1. The van der Waals surface area contributed by atoms with Crippen LogP contribution in [0, 0.1) is 5.82 Å². The van der Waals surface area contributed by atoms with Crippen molar-refractivity contribution in [3.63, 3.8) is 0 Å². The first-order valence-corrected chi connectivity index (χ1v) is 6.06. The van der Waals surface area contributed by atoms with E-state index in [1.54, 1.807) is 12.1 Å². The van der Waals surface area contributed by atoms with Gasteiger partial charge in [0.15, 0.2) is 17.7 Å². The smallest absolute Gasteiger partial charge is 0.210 e. The van der Waals surface area contributed by atoms with Crippen LogP contribution in [0.15, 0.2) is 42.5 Å². The number of benzene rings is 2. The highest BCUT2D eigenvalue weighted by atomic mass is 19.1. The number of carbonyl (C=O) groups is 1. The van der Waals surface area contributed by atoms with E-state index >= 15 is 0 Å². The molecule has 2 aromatic rings. The van der Waals surface area contributed by atoms with Gasteiger partial charge in [-0.2, -0.15) is 0 Å². The van der Waals surface area contributed by atoms with Crippen molar-refractivity contribution in [3.8, 4) is 17.2 Å². The molecular weight excluding hydrogens is 263 g/mol. The Kier molecular flexibility index (Phi) is 3.02. The second kappa shape index (κ2) is 4.85. The van der Waals surface area contributed by atoms with Gasteiger partial charge in [-0.15, -0.1) is 0 Å². The van der Waals surface area contributed by atoms with Gasteiger partial charge in [-0.25, -0.2) is 4.39 Å². The Balaban J connectivity index is 1.86. The Hall–Kier alpha value is -2.56. The predicted octanol–water partition coefficient (Wildman–Crippen LogP) is 2.55. The van der Waals surface area contributed by atoms with Crippen LogP contribution in [-0.2, 0) is 0 Å². The van der Waals surface area contributed by atoms with Gasteiger partial charge in [-0.05, 0) is 24.3 Å². The molecule has 0 spiro atoms. The molecular formula is C15H11FO4. The molecule has 1 heterocycles. The van der Waals surface area contributed by atoms with Gasteiger partial charge in [0.25, 0.3) is 0 Å². The average Bonchev–Trinajstić information content (AvgIpc) is 2.44. The molecule has 0 radical (unpaired) electrons. The SMILES string of the molecule is O=C1c2ccc(O)cc2OCC1Oc1ccccc1F. The highest BCUT2D eigenvalue weighted by Gasteiger charge is 2.31. The fraction of sp³-hybridized carbons (Fsp3) is 0.133. The average molecular weight is 274 g/mol. The number of para-hydroxylation sites is 1. The van der Waals surface area contributed by atoms with Crippen LogP contribution in [0.1, 0.15) is 10.4 Å². The van der Waals surface area contributed by atoms with E-state index in [1.807, 2.05) is 0 Å². The number of aromatic hydroxyl groups is 1. The van der Waals surface area contributed by atoms with Crippen molar-refractivity contribution < 1.29 is 23.8 Å². The van der Waals surface area contributed by atoms with Crippen LogP contribution in [0.4, 0.5) is 4.39 Å². The Morgan fingerprint density at radius 2 is 2.05 bits per heavy atom. The van der Waals surface area contributed by atoms with Crippen molar-refractivity contribution in [2.45, 2.75) is 6.10 Å². The number of halogens is 1. The van der Waals surface area contributed by atoms with Crippen molar-refractivity contribution >= 4 is 5.78 Å². The lowest BCUT2D eigenvalue weighted by atomic mass is 10.0. The van der Waals surface area contributed by atoms with Gasteiger partial charge >= 0.3 is 0 Å². The first kappa shape index (κ1) is 12.5. The van der Waals surface area contributed by atoms with Crippen molar-refractivity contribution in [1.82, 2.24) is 0 Å². The summed E-state index contributed by atoms with van der Waals surface area (Å²) in [4.78, 5) is 12.2. The van der Waals surface area contributed by atoms with Crippen molar-refractivity contribution in [2.24, 2.45) is 0 Å². The maximum absolute atomic E-state index is 13.5.